The maximum atomic E-state index is 11.9. The number of nitriles is 1. The van der Waals surface area contributed by atoms with E-state index in [1.165, 1.54) is 10.8 Å². The first kappa shape index (κ1) is 12.6. The van der Waals surface area contributed by atoms with Crippen LogP contribution < -0.4 is 16.1 Å². The number of nitrogens with zero attached hydrogens (tertiary/aromatic N) is 3. The van der Waals surface area contributed by atoms with E-state index in [2.05, 4.69) is 4.98 Å². The van der Waals surface area contributed by atoms with Crippen LogP contribution in [0.3, 0.4) is 0 Å². The Hall–Kier alpha value is -2.81. The largest absolute Gasteiger partial charge is 0.376 e. The average Bonchev–Trinajstić information content (AvgIpc) is 2.39. The van der Waals surface area contributed by atoms with Gasteiger partial charge >= 0.3 is 5.69 Å². The Bertz CT molecular complexity index is 765. The third-order valence-electron chi connectivity index (χ3n) is 2.69. The van der Waals surface area contributed by atoms with Gasteiger partial charge in [0, 0.05) is 20.3 Å². The monoisotopic (exact) mass is 256 g/mol. The molecule has 2 aromatic rings. The van der Waals surface area contributed by atoms with Crippen molar-refractivity contribution in [2.75, 3.05) is 19.0 Å². The molecule has 0 bridgehead atoms. The van der Waals surface area contributed by atoms with Gasteiger partial charge in [0.2, 0.25) is 0 Å². The van der Waals surface area contributed by atoms with Gasteiger partial charge < -0.3 is 4.90 Å². The van der Waals surface area contributed by atoms with E-state index < -0.39 is 11.2 Å². The highest BCUT2D eigenvalue weighted by Crippen LogP contribution is 2.20. The van der Waals surface area contributed by atoms with Gasteiger partial charge in [-0.3, -0.25) is 14.3 Å². The number of hydrogen-bond donors (Lipinski definition) is 1. The Morgan fingerprint density at radius 2 is 1.95 bits per heavy atom. The molecule has 1 heterocycles. The lowest BCUT2D eigenvalue weighted by molar-refractivity contribution is 0.884. The lowest BCUT2D eigenvalue weighted by Gasteiger charge is -2.18. The lowest BCUT2D eigenvalue weighted by atomic mass is 10.2. The molecule has 0 aliphatic carbocycles. The van der Waals surface area contributed by atoms with Crippen molar-refractivity contribution in [2.24, 2.45) is 0 Å². The normalized spacial score (nSPS) is 9.95. The van der Waals surface area contributed by atoms with Crippen LogP contribution in [0.1, 0.15) is 5.56 Å². The Morgan fingerprint density at radius 3 is 2.58 bits per heavy atom. The van der Waals surface area contributed by atoms with E-state index in [4.69, 9.17) is 5.26 Å². The van der Waals surface area contributed by atoms with Crippen LogP contribution in [0.2, 0.25) is 0 Å². The van der Waals surface area contributed by atoms with Gasteiger partial charge in [0.1, 0.15) is 11.6 Å². The van der Waals surface area contributed by atoms with Gasteiger partial charge in [-0.1, -0.05) is 12.1 Å². The quantitative estimate of drug-likeness (QED) is 0.846. The van der Waals surface area contributed by atoms with E-state index in [1.54, 1.807) is 18.2 Å². The molecule has 1 aromatic heterocycles. The Balaban J connectivity index is 2.77. The summed E-state index contributed by atoms with van der Waals surface area (Å²) in [6.45, 7) is 0. The molecule has 0 aliphatic rings. The number of rotatable bonds is 2. The molecule has 0 amide bonds. The second-order valence-electron chi connectivity index (χ2n) is 4.17. The fraction of sp³-hybridized carbons (Fsp3) is 0.154. The second kappa shape index (κ2) is 4.82. The smallest absolute Gasteiger partial charge is 0.333 e. The molecular formula is C13H12N4O2. The minimum atomic E-state index is -0.675. The summed E-state index contributed by atoms with van der Waals surface area (Å²) in [5.41, 5.74) is 0.0586. The van der Waals surface area contributed by atoms with Gasteiger partial charge in [0.25, 0.3) is 5.56 Å². The molecule has 0 spiro atoms. The summed E-state index contributed by atoms with van der Waals surface area (Å²) in [4.78, 5) is 27.2. The minimum absolute atomic E-state index is 0.104. The summed E-state index contributed by atoms with van der Waals surface area (Å²) in [6, 6.07) is 8.99. The first-order valence-corrected chi connectivity index (χ1v) is 5.57. The molecule has 0 radical (unpaired) electrons. The molecule has 0 saturated carbocycles. The van der Waals surface area contributed by atoms with Gasteiger partial charge in [-0.15, -0.1) is 0 Å². The SMILES string of the molecule is CN(C)c1ccccc1-n1cc(C#N)c(=O)[nH]c1=O. The highest BCUT2D eigenvalue weighted by atomic mass is 16.2. The molecule has 2 rings (SSSR count). The maximum absolute atomic E-state index is 11.9. The highest BCUT2D eigenvalue weighted by molar-refractivity contribution is 5.62. The van der Waals surface area contributed by atoms with Gasteiger partial charge in [-0.05, 0) is 12.1 Å². The van der Waals surface area contributed by atoms with E-state index in [1.807, 2.05) is 31.1 Å². The molecule has 6 heteroatoms. The van der Waals surface area contributed by atoms with Crippen LogP contribution in [0.25, 0.3) is 5.69 Å². The number of benzene rings is 1. The predicted molar refractivity (Wildman–Crippen MR) is 71.7 cm³/mol. The number of aromatic amines is 1. The predicted octanol–water partition coefficient (Wildman–Crippen LogP) is 0.463. The van der Waals surface area contributed by atoms with Crippen molar-refractivity contribution in [3.05, 3.63) is 56.9 Å². The van der Waals surface area contributed by atoms with Gasteiger partial charge in [-0.25, -0.2) is 4.79 Å². The number of H-pyrrole nitrogens is 1. The van der Waals surface area contributed by atoms with Crippen molar-refractivity contribution in [1.82, 2.24) is 9.55 Å². The number of anilines is 1. The van der Waals surface area contributed by atoms with Gasteiger partial charge in [-0.2, -0.15) is 5.26 Å². The topological polar surface area (TPSA) is 81.9 Å². The fourth-order valence-corrected chi connectivity index (χ4v) is 1.78. The first-order chi connectivity index (χ1) is 9.04. The van der Waals surface area contributed by atoms with E-state index in [0.717, 1.165) is 5.69 Å². The van der Waals surface area contributed by atoms with Crippen molar-refractivity contribution >= 4 is 5.69 Å². The lowest BCUT2D eigenvalue weighted by Crippen LogP contribution is -2.30. The summed E-state index contributed by atoms with van der Waals surface area (Å²) in [5, 5.41) is 8.86. The van der Waals surface area contributed by atoms with Crippen LogP contribution in [0.5, 0.6) is 0 Å². The van der Waals surface area contributed by atoms with Crippen LogP contribution in [-0.4, -0.2) is 23.6 Å². The number of hydrogen-bond acceptors (Lipinski definition) is 4. The molecule has 0 unspecified atom stereocenters. The van der Waals surface area contributed by atoms with Crippen LogP contribution in [0, 0.1) is 11.3 Å². The van der Waals surface area contributed by atoms with Crippen LogP contribution >= 0.6 is 0 Å². The van der Waals surface area contributed by atoms with Crippen molar-refractivity contribution < 1.29 is 0 Å². The maximum Gasteiger partial charge on any atom is 0.333 e. The number of nitrogens with one attached hydrogen (secondary N) is 1. The first-order valence-electron chi connectivity index (χ1n) is 5.57. The zero-order valence-electron chi connectivity index (χ0n) is 10.5. The van der Waals surface area contributed by atoms with Gasteiger partial charge in [0.15, 0.2) is 0 Å². The van der Waals surface area contributed by atoms with E-state index in [9.17, 15) is 9.59 Å². The van der Waals surface area contributed by atoms with Crippen LogP contribution in [0.4, 0.5) is 5.69 Å². The van der Waals surface area contributed by atoms with Crippen molar-refractivity contribution in [2.45, 2.75) is 0 Å². The Labute approximate surface area is 109 Å². The number of aromatic nitrogens is 2. The molecule has 6 nitrogen and oxygen atoms in total. The van der Waals surface area contributed by atoms with Crippen LogP contribution in [-0.2, 0) is 0 Å². The molecule has 0 atom stereocenters. The van der Waals surface area contributed by atoms with Crippen molar-refractivity contribution in [3.8, 4) is 11.8 Å². The summed E-state index contributed by atoms with van der Waals surface area (Å²) in [5.74, 6) is 0. The Morgan fingerprint density at radius 1 is 1.26 bits per heavy atom. The average molecular weight is 256 g/mol. The molecular weight excluding hydrogens is 244 g/mol. The van der Waals surface area contributed by atoms with Crippen LogP contribution in [0.15, 0.2) is 40.1 Å². The highest BCUT2D eigenvalue weighted by Gasteiger charge is 2.10. The van der Waals surface area contributed by atoms with E-state index >= 15 is 0 Å². The molecule has 0 aliphatic heterocycles. The number of para-hydroxylation sites is 2. The molecule has 96 valence electrons. The summed E-state index contributed by atoms with van der Waals surface area (Å²) < 4.78 is 1.26. The molecule has 0 fully saturated rings. The summed E-state index contributed by atoms with van der Waals surface area (Å²) in [6.07, 6.45) is 1.25. The van der Waals surface area contributed by atoms with Gasteiger partial charge in [0.05, 0.1) is 11.4 Å². The molecule has 1 N–H and O–H groups in total. The van der Waals surface area contributed by atoms with Crippen molar-refractivity contribution in [1.29, 1.82) is 5.26 Å². The zero-order valence-corrected chi connectivity index (χ0v) is 10.5. The third kappa shape index (κ3) is 2.26. The van der Waals surface area contributed by atoms with E-state index in [-0.39, 0.29) is 5.56 Å². The van der Waals surface area contributed by atoms with E-state index in [0.29, 0.717) is 5.69 Å². The zero-order chi connectivity index (χ0) is 14.0. The third-order valence-corrected chi connectivity index (χ3v) is 2.69. The Kier molecular flexibility index (Phi) is 3.21. The molecule has 19 heavy (non-hydrogen) atoms. The molecule has 1 aromatic carbocycles. The standard InChI is InChI=1S/C13H12N4O2/c1-16(2)10-5-3-4-6-11(10)17-8-9(7-14)12(18)15-13(17)19/h3-6,8H,1-2H3,(H,15,18,19). The summed E-state index contributed by atoms with van der Waals surface area (Å²) >= 11 is 0. The molecule has 0 saturated heterocycles. The fourth-order valence-electron chi connectivity index (χ4n) is 1.78. The second-order valence-corrected chi connectivity index (χ2v) is 4.17. The minimum Gasteiger partial charge on any atom is -0.376 e. The summed E-state index contributed by atoms with van der Waals surface area (Å²) in [7, 11) is 3.70. The van der Waals surface area contributed by atoms with Crippen molar-refractivity contribution in [3.63, 3.8) is 0 Å².